The molecule has 0 amide bonds. The van der Waals surface area contributed by atoms with Crippen molar-refractivity contribution in [3.05, 3.63) is 52.5 Å². The predicted molar refractivity (Wildman–Crippen MR) is 81.5 cm³/mol. The number of carboxylic acids is 1. The van der Waals surface area contributed by atoms with Crippen LogP contribution in [0.3, 0.4) is 0 Å². The molecule has 4 nitrogen and oxygen atoms in total. The van der Waals surface area contributed by atoms with Crippen LogP contribution in [0.1, 0.15) is 20.9 Å². The van der Waals surface area contributed by atoms with Crippen LogP contribution in [0.5, 0.6) is 0 Å². The van der Waals surface area contributed by atoms with Gasteiger partial charge in [-0.1, -0.05) is 24.3 Å². The van der Waals surface area contributed by atoms with E-state index in [1.807, 2.05) is 30.3 Å². The second-order valence-electron chi connectivity index (χ2n) is 4.60. The van der Waals surface area contributed by atoms with Gasteiger partial charge in [-0.15, -0.1) is 11.3 Å². The number of thiazole rings is 1. The topological polar surface area (TPSA) is 74.0 Å². The predicted octanol–water partition coefficient (Wildman–Crippen LogP) is 3.84. The van der Waals surface area contributed by atoms with E-state index in [-0.39, 0.29) is 4.88 Å². The van der Waals surface area contributed by atoms with Crippen molar-refractivity contribution in [3.63, 3.8) is 0 Å². The van der Waals surface area contributed by atoms with Crippen molar-refractivity contribution in [3.8, 4) is 16.6 Å². The Morgan fingerprint density at radius 1 is 1.33 bits per heavy atom. The van der Waals surface area contributed by atoms with Crippen LogP contribution in [0, 0.1) is 18.3 Å². The molecule has 5 heteroatoms. The molecule has 2 aromatic carbocycles. The highest BCUT2D eigenvalue weighted by molar-refractivity contribution is 7.17. The average Bonchev–Trinajstić information content (AvgIpc) is 2.88. The molecular weight excluding hydrogens is 284 g/mol. The molecular formula is C16H10N2O2S. The van der Waals surface area contributed by atoms with Crippen molar-refractivity contribution in [2.24, 2.45) is 0 Å². The molecule has 0 aliphatic heterocycles. The molecule has 0 saturated heterocycles. The summed E-state index contributed by atoms with van der Waals surface area (Å²) in [4.78, 5) is 15.8. The fraction of sp³-hybridized carbons (Fsp3) is 0.0625. The van der Waals surface area contributed by atoms with Gasteiger partial charge in [-0.25, -0.2) is 9.78 Å². The highest BCUT2D eigenvalue weighted by atomic mass is 32.1. The zero-order valence-corrected chi connectivity index (χ0v) is 11.9. The minimum Gasteiger partial charge on any atom is -0.477 e. The van der Waals surface area contributed by atoms with Crippen LogP contribution < -0.4 is 0 Å². The number of aromatic carboxylic acids is 1. The summed E-state index contributed by atoms with van der Waals surface area (Å²) in [6, 6.07) is 13.4. The number of hydrogen-bond donors (Lipinski definition) is 1. The van der Waals surface area contributed by atoms with Crippen LogP contribution in [0.15, 0.2) is 36.4 Å². The largest absolute Gasteiger partial charge is 0.477 e. The van der Waals surface area contributed by atoms with Gasteiger partial charge in [-0.3, -0.25) is 0 Å². The summed E-state index contributed by atoms with van der Waals surface area (Å²) in [5.41, 5.74) is 1.83. The Kier molecular flexibility index (Phi) is 3.16. The zero-order valence-electron chi connectivity index (χ0n) is 11.1. The Balaban J connectivity index is 2.31. The lowest BCUT2D eigenvalue weighted by Gasteiger charge is -2.04. The second kappa shape index (κ2) is 5.00. The number of carboxylic acid groups (broad SMARTS) is 1. The number of fused-ring (bicyclic) bond motifs is 1. The first kappa shape index (κ1) is 13.3. The number of hydrogen-bond acceptors (Lipinski definition) is 4. The number of rotatable bonds is 2. The molecule has 0 unspecified atom stereocenters. The van der Waals surface area contributed by atoms with Crippen molar-refractivity contribution in [2.75, 3.05) is 0 Å². The third-order valence-corrected chi connectivity index (χ3v) is 4.39. The average molecular weight is 294 g/mol. The number of nitriles is 1. The van der Waals surface area contributed by atoms with Gasteiger partial charge in [0.15, 0.2) is 0 Å². The smallest absolute Gasteiger partial charge is 0.347 e. The molecule has 3 rings (SSSR count). The summed E-state index contributed by atoms with van der Waals surface area (Å²) >= 11 is 1.13. The van der Waals surface area contributed by atoms with Gasteiger partial charge in [0.05, 0.1) is 17.3 Å². The van der Waals surface area contributed by atoms with E-state index in [1.54, 1.807) is 13.0 Å². The monoisotopic (exact) mass is 294 g/mol. The number of benzene rings is 2. The maximum Gasteiger partial charge on any atom is 0.347 e. The maximum atomic E-state index is 11.2. The quantitative estimate of drug-likeness (QED) is 0.779. The van der Waals surface area contributed by atoms with E-state index in [0.29, 0.717) is 16.3 Å². The zero-order chi connectivity index (χ0) is 15.0. The Bertz CT molecular complexity index is 906. The summed E-state index contributed by atoms with van der Waals surface area (Å²) in [5, 5.41) is 20.8. The van der Waals surface area contributed by atoms with Crippen LogP contribution in [-0.2, 0) is 0 Å². The molecule has 0 aliphatic rings. The SMILES string of the molecule is Cc1nc(-c2cc(C#N)cc3ccccc23)sc1C(=O)O. The first-order chi connectivity index (χ1) is 10.1. The standard InChI is InChI=1S/C16H10N2O2S/c1-9-14(16(19)20)21-15(18-9)13-7-10(8-17)6-11-4-2-3-5-12(11)13/h2-7H,1H3,(H,19,20). The lowest BCUT2D eigenvalue weighted by atomic mass is 10.0. The van der Waals surface area contributed by atoms with E-state index in [1.165, 1.54) is 0 Å². The number of aryl methyl sites for hydroxylation is 1. The number of nitrogens with zero attached hydrogens (tertiary/aromatic N) is 2. The lowest BCUT2D eigenvalue weighted by Crippen LogP contribution is -1.94. The van der Waals surface area contributed by atoms with Gasteiger partial charge >= 0.3 is 5.97 Å². The van der Waals surface area contributed by atoms with Gasteiger partial charge in [0.25, 0.3) is 0 Å². The van der Waals surface area contributed by atoms with Crippen molar-refractivity contribution in [2.45, 2.75) is 6.92 Å². The van der Waals surface area contributed by atoms with E-state index >= 15 is 0 Å². The van der Waals surface area contributed by atoms with Gasteiger partial charge in [-0.05, 0) is 29.8 Å². The Hall–Kier alpha value is -2.71. The fourth-order valence-electron chi connectivity index (χ4n) is 2.26. The molecule has 1 aromatic heterocycles. The summed E-state index contributed by atoms with van der Waals surface area (Å²) in [6.07, 6.45) is 0. The van der Waals surface area contributed by atoms with Crippen LogP contribution >= 0.6 is 11.3 Å². The van der Waals surface area contributed by atoms with Crippen LogP contribution in [0.25, 0.3) is 21.3 Å². The minimum absolute atomic E-state index is 0.233. The van der Waals surface area contributed by atoms with Gasteiger partial charge < -0.3 is 5.11 Å². The van der Waals surface area contributed by atoms with Crippen molar-refractivity contribution >= 4 is 28.1 Å². The summed E-state index contributed by atoms with van der Waals surface area (Å²) in [7, 11) is 0. The van der Waals surface area contributed by atoms with Crippen LogP contribution in [-0.4, -0.2) is 16.1 Å². The van der Waals surface area contributed by atoms with E-state index in [0.717, 1.165) is 27.7 Å². The highest BCUT2D eigenvalue weighted by Gasteiger charge is 2.17. The van der Waals surface area contributed by atoms with E-state index in [9.17, 15) is 4.79 Å². The molecule has 0 saturated carbocycles. The van der Waals surface area contributed by atoms with Crippen molar-refractivity contribution in [1.29, 1.82) is 5.26 Å². The summed E-state index contributed by atoms with van der Waals surface area (Å²) in [6.45, 7) is 1.68. The molecule has 0 fully saturated rings. The van der Waals surface area contributed by atoms with Gasteiger partial charge in [0.2, 0.25) is 0 Å². The molecule has 21 heavy (non-hydrogen) atoms. The maximum absolute atomic E-state index is 11.2. The molecule has 0 aliphatic carbocycles. The molecule has 0 atom stereocenters. The minimum atomic E-state index is -0.975. The normalized spacial score (nSPS) is 10.5. The summed E-state index contributed by atoms with van der Waals surface area (Å²) < 4.78 is 0. The molecule has 102 valence electrons. The summed E-state index contributed by atoms with van der Waals surface area (Å²) in [5.74, 6) is -0.975. The molecule has 0 spiro atoms. The Morgan fingerprint density at radius 2 is 2.10 bits per heavy atom. The number of carbonyl (C=O) groups is 1. The molecule has 1 heterocycles. The molecule has 1 N–H and O–H groups in total. The van der Waals surface area contributed by atoms with Crippen molar-refractivity contribution < 1.29 is 9.90 Å². The van der Waals surface area contributed by atoms with Gasteiger partial charge in [0.1, 0.15) is 9.88 Å². The first-order valence-corrected chi connectivity index (χ1v) is 7.06. The third kappa shape index (κ3) is 2.26. The van der Waals surface area contributed by atoms with E-state index < -0.39 is 5.97 Å². The molecule has 3 aromatic rings. The lowest BCUT2D eigenvalue weighted by molar-refractivity contribution is 0.0701. The first-order valence-electron chi connectivity index (χ1n) is 6.24. The number of aromatic nitrogens is 1. The van der Waals surface area contributed by atoms with Crippen LogP contribution in [0.4, 0.5) is 0 Å². The third-order valence-electron chi connectivity index (χ3n) is 3.21. The van der Waals surface area contributed by atoms with Gasteiger partial charge in [-0.2, -0.15) is 5.26 Å². The molecule has 0 radical (unpaired) electrons. The molecule has 0 bridgehead atoms. The van der Waals surface area contributed by atoms with E-state index in [2.05, 4.69) is 11.1 Å². The fourth-order valence-corrected chi connectivity index (χ4v) is 3.20. The van der Waals surface area contributed by atoms with Crippen LogP contribution in [0.2, 0.25) is 0 Å². The highest BCUT2D eigenvalue weighted by Crippen LogP contribution is 2.34. The van der Waals surface area contributed by atoms with E-state index in [4.69, 9.17) is 10.4 Å². The Morgan fingerprint density at radius 3 is 2.76 bits per heavy atom. The van der Waals surface area contributed by atoms with Crippen molar-refractivity contribution in [1.82, 2.24) is 4.98 Å². The Labute approximate surface area is 124 Å². The second-order valence-corrected chi connectivity index (χ2v) is 5.59. The van der Waals surface area contributed by atoms with Gasteiger partial charge in [0, 0.05) is 5.56 Å².